The SMILES string of the molecule is Cc1c2c(cc3c1oc(=O)c1ccccc13)C[NH+](CCc1cccc(F)c1)CO2. The van der Waals surface area contributed by atoms with Gasteiger partial charge in [-0.2, -0.15) is 0 Å². The molecule has 146 valence electrons. The summed E-state index contributed by atoms with van der Waals surface area (Å²) in [5.74, 6) is 0.610. The highest BCUT2D eigenvalue weighted by Gasteiger charge is 2.25. The van der Waals surface area contributed by atoms with Gasteiger partial charge in [-0.25, -0.2) is 9.18 Å². The maximum Gasteiger partial charge on any atom is 0.344 e. The third-order valence-electron chi connectivity index (χ3n) is 5.69. The average Bonchev–Trinajstić information content (AvgIpc) is 2.73. The third kappa shape index (κ3) is 3.17. The van der Waals surface area contributed by atoms with E-state index in [0.717, 1.165) is 52.7 Å². The predicted molar refractivity (Wildman–Crippen MR) is 110 cm³/mol. The van der Waals surface area contributed by atoms with Crippen molar-refractivity contribution in [2.45, 2.75) is 19.9 Å². The lowest BCUT2D eigenvalue weighted by atomic mass is 10.00. The van der Waals surface area contributed by atoms with E-state index in [1.54, 1.807) is 18.2 Å². The number of hydrogen-bond donors (Lipinski definition) is 1. The van der Waals surface area contributed by atoms with Gasteiger partial charge in [0.1, 0.15) is 23.7 Å². The number of ether oxygens (including phenoxy) is 1. The molecule has 4 nitrogen and oxygen atoms in total. The van der Waals surface area contributed by atoms with Gasteiger partial charge in [0, 0.05) is 22.9 Å². The summed E-state index contributed by atoms with van der Waals surface area (Å²) in [6, 6.07) is 16.4. The zero-order valence-electron chi connectivity index (χ0n) is 16.1. The second-order valence-electron chi connectivity index (χ2n) is 7.65. The molecule has 1 aliphatic heterocycles. The summed E-state index contributed by atoms with van der Waals surface area (Å²) >= 11 is 0. The van der Waals surface area contributed by atoms with E-state index in [0.29, 0.717) is 17.7 Å². The molecule has 2 heterocycles. The van der Waals surface area contributed by atoms with Gasteiger partial charge >= 0.3 is 5.63 Å². The van der Waals surface area contributed by atoms with Crippen LogP contribution in [0.5, 0.6) is 5.75 Å². The topological polar surface area (TPSA) is 43.9 Å². The molecular weight excluding hydrogens is 369 g/mol. The molecule has 0 bridgehead atoms. The molecule has 1 aromatic heterocycles. The summed E-state index contributed by atoms with van der Waals surface area (Å²) in [5.41, 5.74) is 3.23. The zero-order chi connectivity index (χ0) is 20.0. The van der Waals surface area contributed by atoms with Crippen LogP contribution in [0.25, 0.3) is 21.7 Å². The average molecular weight is 390 g/mol. The Kier molecular flexibility index (Phi) is 4.32. The van der Waals surface area contributed by atoms with Crippen LogP contribution in [0.2, 0.25) is 0 Å². The van der Waals surface area contributed by atoms with Crippen molar-refractivity contribution < 1.29 is 18.4 Å². The van der Waals surface area contributed by atoms with Crippen LogP contribution in [-0.2, 0) is 13.0 Å². The normalized spacial score (nSPS) is 16.0. The van der Waals surface area contributed by atoms with Gasteiger partial charge in [0.25, 0.3) is 0 Å². The van der Waals surface area contributed by atoms with Crippen LogP contribution in [-0.4, -0.2) is 13.3 Å². The minimum Gasteiger partial charge on any atom is -0.444 e. The van der Waals surface area contributed by atoms with Gasteiger partial charge in [0.2, 0.25) is 6.73 Å². The van der Waals surface area contributed by atoms with Crippen LogP contribution in [0.1, 0.15) is 16.7 Å². The van der Waals surface area contributed by atoms with Crippen LogP contribution in [0.15, 0.2) is 63.8 Å². The van der Waals surface area contributed by atoms with Crippen LogP contribution >= 0.6 is 0 Å². The maximum atomic E-state index is 13.4. The summed E-state index contributed by atoms with van der Waals surface area (Å²) in [6.45, 7) is 4.14. The van der Waals surface area contributed by atoms with Crippen LogP contribution in [0.3, 0.4) is 0 Å². The molecule has 0 spiro atoms. The third-order valence-corrected chi connectivity index (χ3v) is 5.69. The van der Waals surface area contributed by atoms with E-state index in [1.807, 2.05) is 31.2 Å². The van der Waals surface area contributed by atoms with E-state index in [1.165, 1.54) is 11.0 Å². The fourth-order valence-electron chi connectivity index (χ4n) is 4.23. The molecule has 5 rings (SSSR count). The number of rotatable bonds is 3. The Morgan fingerprint density at radius 1 is 1.03 bits per heavy atom. The van der Waals surface area contributed by atoms with E-state index in [-0.39, 0.29) is 11.4 Å². The molecule has 0 saturated heterocycles. The number of nitrogens with one attached hydrogen (secondary N) is 1. The lowest BCUT2D eigenvalue weighted by molar-refractivity contribution is -0.932. The van der Waals surface area contributed by atoms with Crippen molar-refractivity contribution >= 4 is 21.7 Å². The second-order valence-corrected chi connectivity index (χ2v) is 7.65. The molecule has 4 aromatic rings. The fraction of sp³-hybridized carbons (Fsp3) is 0.208. The quantitative estimate of drug-likeness (QED) is 0.431. The van der Waals surface area contributed by atoms with Crippen LogP contribution in [0, 0.1) is 12.7 Å². The molecule has 1 N–H and O–H groups in total. The Morgan fingerprint density at radius 3 is 2.69 bits per heavy atom. The van der Waals surface area contributed by atoms with Gasteiger partial charge < -0.3 is 9.15 Å². The Morgan fingerprint density at radius 2 is 1.86 bits per heavy atom. The van der Waals surface area contributed by atoms with Gasteiger partial charge in [0.15, 0.2) is 0 Å². The van der Waals surface area contributed by atoms with E-state index in [2.05, 4.69) is 6.07 Å². The van der Waals surface area contributed by atoms with E-state index < -0.39 is 0 Å². The minimum absolute atomic E-state index is 0.201. The minimum atomic E-state index is -0.325. The maximum absolute atomic E-state index is 13.4. The molecule has 0 amide bonds. The molecule has 0 aliphatic carbocycles. The van der Waals surface area contributed by atoms with Gasteiger partial charge in [-0.1, -0.05) is 30.3 Å². The van der Waals surface area contributed by atoms with E-state index in [4.69, 9.17) is 9.15 Å². The predicted octanol–water partition coefficient (Wildman–Crippen LogP) is 3.37. The molecule has 1 aliphatic rings. The highest BCUT2D eigenvalue weighted by Crippen LogP contribution is 2.34. The number of hydrogen-bond acceptors (Lipinski definition) is 3. The van der Waals surface area contributed by atoms with Gasteiger partial charge in [0.05, 0.1) is 11.9 Å². The number of benzene rings is 3. The molecular formula is C24H21FNO3+. The van der Waals surface area contributed by atoms with Crippen molar-refractivity contribution in [2.24, 2.45) is 0 Å². The monoisotopic (exact) mass is 390 g/mol. The molecule has 0 radical (unpaired) electrons. The molecule has 5 heteroatoms. The first kappa shape index (κ1) is 17.9. The molecule has 3 aromatic carbocycles. The Bertz CT molecular complexity index is 1290. The first-order chi connectivity index (χ1) is 14.1. The number of halogens is 1. The van der Waals surface area contributed by atoms with Crippen molar-refractivity contribution in [3.05, 3.63) is 87.5 Å². The van der Waals surface area contributed by atoms with Crippen molar-refractivity contribution in [3.8, 4) is 5.75 Å². The van der Waals surface area contributed by atoms with Crippen LogP contribution < -0.4 is 15.3 Å². The number of quaternary nitrogens is 1. The zero-order valence-corrected chi connectivity index (χ0v) is 16.1. The van der Waals surface area contributed by atoms with Gasteiger partial charge in [-0.05, 0) is 42.1 Å². The van der Waals surface area contributed by atoms with E-state index in [9.17, 15) is 9.18 Å². The van der Waals surface area contributed by atoms with E-state index >= 15 is 0 Å². The Hall–Kier alpha value is -3.18. The molecule has 1 unspecified atom stereocenters. The number of fused-ring (bicyclic) bond motifs is 4. The standard InChI is InChI=1S/C24H20FNO3/c1-15-22-17(12-21-19-7-2-3-8-20(19)24(27)29-23(15)21)13-26(14-28-22)10-9-16-5-4-6-18(25)11-16/h2-8,11-12H,9-10,13-14H2,1H3/p+1. The highest BCUT2D eigenvalue weighted by atomic mass is 19.1. The summed E-state index contributed by atoms with van der Waals surface area (Å²) in [5, 5.41) is 2.43. The molecule has 0 saturated carbocycles. The van der Waals surface area contributed by atoms with Crippen molar-refractivity contribution in [3.63, 3.8) is 0 Å². The highest BCUT2D eigenvalue weighted by molar-refractivity contribution is 6.06. The summed E-state index contributed by atoms with van der Waals surface area (Å²) in [4.78, 5) is 13.7. The van der Waals surface area contributed by atoms with Gasteiger partial charge in [-0.3, -0.25) is 4.90 Å². The second kappa shape index (κ2) is 7.01. The largest absolute Gasteiger partial charge is 0.444 e. The lowest BCUT2D eigenvalue weighted by Crippen LogP contribution is -3.12. The number of aryl methyl sites for hydroxylation is 1. The summed E-state index contributed by atoms with van der Waals surface area (Å²) in [6.07, 6.45) is 0.788. The van der Waals surface area contributed by atoms with Crippen molar-refractivity contribution in [2.75, 3.05) is 13.3 Å². The molecule has 29 heavy (non-hydrogen) atoms. The Balaban J connectivity index is 1.50. The first-order valence-corrected chi connectivity index (χ1v) is 9.79. The summed E-state index contributed by atoms with van der Waals surface area (Å²) < 4.78 is 25.1. The van der Waals surface area contributed by atoms with Crippen LogP contribution in [0.4, 0.5) is 4.39 Å². The van der Waals surface area contributed by atoms with Crippen molar-refractivity contribution in [1.29, 1.82) is 0 Å². The Labute approximate surface area is 167 Å². The smallest absolute Gasteiger partial charge is 0.344 e. The van der Waals surface area contributed by atoms with Gasteiger partial charge in [-0.15, -0.1) is 0 Å². The lowest BCUT2D eigenvalue weighted by Gasteiger charge is -2.27. The van der Waals surface area contributed by atoms with Crippen molar-refractivity contribution in [1.82, 2.24) is 0 Å². The molecule has 1 atom stereocenters. The first-order valence-electron chi connectivity index (χ1n) is 9.79. The summed E-state index contributed by atoms with van der Waals surface area (Å²) in [7, 11) is 0. The fourth-order valence-corrected chi connectivity index (χ4v) is 4.23. The molecule has 0 fully saturated rings.